The summed E-state index contributed by atoms with van der Waals surface area (Å²) in [5.41, 5.74) is 18.9. The Morgan fingerprint density at radius 2 is 1.54 bits per heavy atom. The lowest BCUT2D eigenvalue weighted by Gasteiger charge is -2.28. The van der Waals surface area contributed by atoms with Crippen LogP contribution in [0.2, 0.25) is 0 Å². The van der Waals surface area contributed by atoms with Crippen LogP contribution < -0.4 is 22.1 Å². The van der Waals surface area contributed by atoms with E-state index in [4.69, 9.17) is 27.5 Å². The smallest absolute Gasteiger partial charge is 0.307 e. The van der Waals surface area contributed by atoms with Gasteiger partial charge in [-0.25, -0.2) is 19.6 Å². The van der Waals surface area contributed by atoms with Crippen LogP contribution in [0.5, 0.6) is 0 Å². The molecule has 10 N–H and O–H groups in total. The number of aliphatic carboxylic acids is 1. The fraction of sp³-hybridized carbons (Fsp3) is 0.475. The molecule has 28 nitrogen and oxygen atoms in total. The number of Topliss-reactive ketones (excluding diaryl/α,β-unsaturated/α-hetero) is 2. The highest BCUT2D eigenvalue weighted by Gasteiger charge is 2.34. The number of ketones is 2. The van der Waals surface area contributed by atoms with E-state index in [2.05, 4.69) is 77.3 Å². The van der Waals surface area contributed by atoms with E-state index in [-0.39, 0.29) is 61.1 Å². The molecule has 2 aromatic carbocycles. The van der Waals surface area contributed by atoms with Gasteiger partial charge < -0.3 is 27.2 Å². The van der Waals surface area contributed by atoms with Gasteiger partial charge in [-0.2, -0.15) is 10.6 Å². The lowest BCUT2D eigenvalue weighted by atomic mass is 9.85. The van der Waals surface area contributed by atoms with Crippen LogP contribution in [0, 0.1) is 41.9 Å². The van der Waals surface area contributed by atoms with Crippen molar-refractivity contribution in [2.45, 2.75) is 91.6 Å². The van der Waals surface area contributed by atoms with Crippen molar-refractivity contribution in [1.82, 2.24) is 25.7 Å². The Kier molecular flexibility index (Phi) is 26.4. The monoisotopic (exact) mass is 972 g/mol. The number of aliphatic imine (C=N–C) groups is 1. The summed E-state index contributed by atoms with van der Waals surface area (Å²) >= 11 is 0. The van der Waals surface area contributed by atoms with Crippen LogP contribution >= 0.6 is 0 Å². The highest BCUT2D eigenvalue weighted by atomic mass is 19.1. The van der Waals surface area contributed by atoms with Crippen LogP contribution in [-0.2, 0) is 45.7 Å². The van der Waals surface area contributed by atoms with Gasteiger partial charge in [0, 0.05) is 46.7 Å². The maximum absolute atomic E-state index is 14.0. The van der Waals surface area contributed by atoms with Crippen molar-refractivity contribution in [3.63, 3.8) is 0 Å². The van der Waals surface area contributed by atoms with Crippen molar-refractivity contribution < 1.29 is 64.0 Å². The Balaban J connectivity index is 0.000000932. The molecule has 0 fully saturated rings. The fourth-order valence-corrected chi connectivity index (χ4v) is 6.53. The SMILES string of the molecule is CC[C@H](C)[C@H](NC(=O)[C@@H](CC(=O)[C@H](CCCN=C(N)N)NC(=O)c1cc(C)n(-c2cccc(F)c2)n1)CC(C)C)C(=O)C[C@@H](Cc1ccccc1)C(=O)O.N=N/N=N/N=N/N=N/N(OOO)OOO. The number of rotatable bonds is 30. The predicted molar refractivity (Wildman–Crippen MR) is 235 cm³/mol. The van der Waals surface area contributed by atoms with Crippen LogP contribution in [0.4, 0.5) is 4.39 Å². The average molecular weight is 973 g/mol. The van der Waals surface area contributed by atoms with E-state index < -0.39 is 59.1 Å². The van der Waals surface area contributed by atoms with Gasteiger partial charge in [0.05, 0.1) is 29.0 Å². The van der Waals surface area contributed by atoms with Crippen LogP contribution in [0.3, 0.4) is 0 Å². The van der Waals surface area contributed by atoms with Gasteiger partial charge in [0.1, 0.15) is 5.82 Å². The molecule has 0 radical (unpaired) electrons. The van der Waals surface area contributed by atoms with Crippen molar-refractivity contribution in [2.24, 2.45) is 76.7 Å². The zero-order chi connectivity index (χ0) is 51.3. The summed E-state index contributed by atoms with van der Waals surface area (Å²) in [4.78, 5) is 78.6. The zero-order valence-electron chi connectivity index (χ0n) is 38.4. The van der Waals surface area contributed by atoms with E-state index in [1.165, 1.54) is 28.9 Å². The number of carbonyl (C=O) groups excluding carboxylic acids is 4. The van der Waals surface area contributed by atoms with Gasteiger partial charge in [-0.3, -0.25) is 29.0 Å². The molecule has 69 heavy (non-hydrogen) atoms. The number of guanidine groups is 1. The van der Waals surface area contributed by atoms with E-state index in [1.807, 2.05) is 33.8 Å². The van der Waals surface area contributed by atoms with E-state index in [1.54, 1.807) is 37.3 Å². The number of carboxylic acids is 1. The minimum Gasteiger partial charge on any atom is -0.481 e. The number of nitrogens with zero attached hydrogens (tertiary/aromatic N) is 11. The molecule has 0 saturated heterocycles. The highest BCUT2D eigenvalue weighted by Crippen LogP contribution is 2.23. The number of halogens is 1. The molecule has 0 saturated carbocycles. The Labute approximate surface area is 394 Å². The zero-order valence-corrected chi connectivity index (χ0v) is 38.4. The molecular formula is C40H57FN16O12. The number of nitrogens with two attached hydrogens (primary N) is 2. The van der Waals surface area contributed by atoms with Gasteiger partial charge in [0.15, 0.2) is 23.2 Å². The van der Waals surface area contributed by atoms with Crippen molar-refractivity contribution in [3.8, 4) is 5.69 Å². The van der Waals surface area contributed by atoms with Gasteiger partial charge in [0.2, 0.25) is 5.91 Å². The minimum absolute atomic E-state index is 0.00164. The van der Waals surface area contributed by atoms with Gasteiger partial charge in [-0.05, 0) is 115 Å². The number of aryl methyl sites for hydroxylation is 1. The molecule has 1 aromatic heterocycles. The average Bonchev–Trinajstić information content (AvgIpc) is 3.71. The molecule has 2 amide bonds. The molecule has 3 rings (SSSR count). The molecule has 0 aliphatic rings. The van der Waals surface area contributed by atoms with Gasteiger partial charge >= 0.3 is 5.97 Å². The Morgan fingerprint density at radius 1 is 0.884 bits per heavy atom. The normalized spacial score (nSPS) is 13.5. The Hall–Kier alpha value is -7.44. The van der Waals surface area contributed by atoms with E-state index in [0.717, 1.165) is 5.56 Å². The van der Waals surface area contributed by atoms with E-state index in [9.17, 15) is 33.5 Å². The first-order valence-corrected chi connectivity index (χ1v) is 21.1. The van der Waals surface area contributed by atoms with Crippen LogP contribution in [0.15, 0.2) is 102 Å². The number of aromatic nitrogens is 2. The number of hydrogen-bond donors (Lipinski definition) is 8. The number of nitrogens with one attached hydrogen (secondary N) is 3. The maximum Gasteiger partial charge on any atom is 0.307 e. The molecule has 0 unspecified atom stereocenters. The third kappa shape index (κ3) is 21.8. The number of carboxylic acid groups (broad SMARTS) is 1. The largest absolute Gasteiger partial charge is 0.481 e. The summed E-state index contributed by atoms with van der Waals surface area (Å²) in [5, 5.41) is 60.6. The third-order valence-electron chi connectivity index (χ3n) is 9.88. The molecule has 376 valence electrons. The summed E-state index contributed by atoms with van der Waals surface area (Å²) < 4.78 is 15.3. The number of carbonyl (C=O) groups is 5. The number of benzene rings is 2. The molecule has 5 atom stereocenters. The van der Waals surface area contributed by atoms with Gasteiger partial charge in [-0.15, -0.1) is 0 Å². The van der Waals surface area contributed by atoms with E-state index >= 15 is 0 Å². The first-order chi connectivity index (χ1) is 32.9. The number of hydrogen-bond acceptors (Lipinski definition) is 15. The molecule has 0 aliphatic heterocycles. The highest BCUT2D eigenvalue weighted by molar-refractivity contribution is 5.98. The van der Waals surface area contributed by atoms with Crippen LogP contribution in [0.25, 0.3) is 5.69 Å². The molecule has 29 heteroatoms. The standard InChI is InChI=1S/C40H54FN7O6.H3N9O6/c1-6-25(4)36(35(50)22-29(39(53)54)20-27-12-8-7-9-13-27)46-37(51)28(18-24(2)3)21-34(49)32(16-11-17-44-40(42)43)45-38(52)33-19-26(5)48(47-33)31-15-10-14-30(41)23-31;1-2-3-4-5-6-7-8-9(12-14-10)13-15-11/h7-10,12-15,19,23-25,28-29,32,36H,6,11,16-18,20-22H2,1-5H3,(H,45,52)(H,46,51)(H,53,54)(H4,42,43,44);1,10-11H/b;2-1?,4-3+,6-5+,8-7+/t25-,28+,29+,32-,36-;/m0./s1. The second-order valence-corrected chi connectivity index (χ2v) is 15.5. The first-order valence-electron chi connectivity index (χ1n) is 21.1. The maximum atomic E-state index is 14.0. The topological polar surface area (TPSA) is 403 Å². The van der Waals surface area contributed by atoms with Crippen LogP contribution in [-0.4, -0.2) is 84.7 Å². The lowest BCUT2D eigenvalue weighted by molar-refractivity contribution is -0.703. The van der Waals surface area contributed by atoms with Crippen molar-refractivity contribution >= 4 is 35.3 Å². The van der Waals surface area contributed by atoms with Crippen molar-refractivity contribution in [3.05, 3.63) is 83.4 Å². The summed E-state index contributed by atoms with van der Waals surface area (Å²) in [5.74, 6) is -5.75. The van der Waals surface area contributed by atoms with Crippen molar-refractivity contribution in [1.29, 1.82) is 5.53 Å². The van der Waals surface area contributed by atoms with Crippen molar-refractivity contribution in [2.75, 3.05) is 6.54 Å². The summed E-state index contributed by atoms with van der Waals surface area (Å²) in [7, 11) is 0. The molecule has 3 aromatic rings. The number of amides is 2. The molecular weight excluding hydrogens is 916 g/mol. The third-order valence-corrected chi connectivity index (χ3v) is 9.88. The van der Waals surface area contributed by atoms with E-state index in [0.29, 0.717) is 30.6 Å². The molecule has 0 bridgehead atoms. The molecule has 1 heterocycles. The minimum atomic E-state index is -1.10. The molecule has 0 aliphatic carbocycles. The second kappa shape index (κ2) is 31.5. The molecule has 0 spiro atoms. The summed E-state index contributed by atoms with van der Waals surface area (Å²) in [6.07, 6.45) is 1.01. The van der Waals surface area contributed by atoms with Gasteiger partial charge in [0.25, 0.3) is 5.91 Å². The Bertz CT molecular complexity index is 2220. The summed E-state index contributed by atoms with van der Waals surface area (Å²) in [6.45, 7) is 9.43. The Morgan fingerprint density at radius 3 is 2.13 bits per heavy atom. The fourth-order valence-electron chi connectivity index (χ4n) is 6.53. The summed E-state index contributed by atoms with van der Waals surface area (Å²) in [6, 6.07) is 14.3. The van der Waals surface area contributed by atoms with Crippen LogP contribution in [0.1, 0.15) is 88.0 Å². The predicted octanol–water partition coefficient (Wildman–Crippen LogP) is 5.54. The first kappa shape index (κ1) is 57.7. The quantitative estimate of drug-likeness (QED) is 0.0102. The van der Waals surface area contributed by atoms with Gasteiger partial charge in [-0.1, -0.05) is 70.5 Å². The lowest BCUT2D eigenvalue weighted by Crippen LogP contribution is -2.49. The second-order valence-electron chi connectivity index (χ2n) is 15.5.